The zero-order valence-corrected chi connectivity index (χ0v) is 12.5. The number of hydrogen-bond donors (Lipinski definition) is 2. The van der Waals surface area contributed by atoms with E-state index in [0.29, 0.717) is 6.42 Å². The molecule has 0 saturated carbocycles. The molecule has 0 spiro atoms. The Kier molecular flexibility index (Phi) is 5.33. The Labute approximate surface area is 125 Å². The lowest BCUT2D eigenvalue weighted by molar-refractivity contribution is -0.384. The fraction of sp³-hybridized carbons (Fsp3) is 0.417. The number of benzene rings is 1. The van der Waals surface area contributed by atoms with Crippen LogP contribution in [0.2, 0.25) is 10.0 Å². The van der Waals surface area contributed by atoms with Gasteiger partial charge in [0.2, 0.25) is 0 Å². The number of nitro benzene ring substituents is 1. The van der Waals surface area contributed by atoms with Crippen molar-refractivity contribution in [3.05, 3.63) is 37.9 Å². The van der Waals surface area contributed by atoms with Crippen molar-refractivity contribution in [1.82, 2.24) is 5.32 Å². The van der Waals surface area contributed by atoms with Crippen LogP contribution in [-0.2, 0) is 0 Å². The predicted octanol–water partition coefficient (Wildman–Crippen LogP) is 2.79. The molecule has 20 heavy (non-hydrogen) atoms. The molecule has 0 unspecified atom stereocenters. The van der Waals surface area contributed by atoms with Crippen LogP contribution in [0.3, 0.4) is 0 Å². The molecule has 1 rings (SSSR count). The lowest BCUT2D eigenvalue weighted by Crippen LogP contribution is -2.44. The molecule has 0 aliphatic heterocycles. The van der Waals surface area contributed by atoms with Crippen LogP contribution in [0, 0.1) is 10.1 Å². The van der Waals surface area contributed by atoms with Crippen LogP contribution >= 0.6 is 23.2 Å². The maximum Gasteiger partial charge on any atom is 0.290 e. The van der Waals surface area contributed by atoms with Crippen molar-refractivity contribution in [2.24, 2.45) is 0 Å². The molecule has 0 aromatic heterocycles. The highest BCUT2D eigenvalue weighted by atomic mass is 35.5. The van der Waals surface area contributed by atoms with Gasteiger partial charge in [0, 0.05) is 23.8 Å². The first-order chi connectivity index (χ1) is 9.18. The van der Waals surface area contributed by atoms with E-state index in [0.717, 1.165) is 6.07 Å². The van der Waals surface area contributed by atoms with Crippen molar-refractivity contribution >= 4 is 34.8 Å². The van der Waals surface area contributed by atoms with Crippen LogP contribution in [0.5, 0.6) is 0 Å². The summed E-state index contributed by atoms with van der Waals surface area (Å²) in [7, 11) is 0. The first-order valence-electron chi connectivity index (χ1n) is 5.75. The van der Waals surface area contributed by atoms with Crippen LogP contribution in [0.15, 0.2) is 12.1 Å². The molecule has 0 heterocycles. The average molecular weight is 321 g/mol. The third-order valence-corrected chi connectivity index (χ3v) is 3.45. The monoisotopic (exact) mass is 320 g/mol. The van der Waals surface area contributed by atoms with Crippen molar-refractivity contribution in [2.45, 2.75) is 25.8 Å². The van der Waals surface area contributed by atoms with E-state index < -0.39 is 22.1 Å². The van der Waals surface area contributed by atoms with Gasteiger partial charge in [-0.05, 0) is 26.3 Å². The molecule has 1 aromatic carbocycles. The third-order valence-electron chi connectivity index (χ3n) is 2.66. The number of carbonyl (C=O) groups excluding carboxylic acids is 1. The van der Waals surface area contributed by atoms with E-state index in [1.54, 1.807) is 13.8 Å². The zero-order valence-electron chi connectivity index (χ0n) is 10.9. The zero-order chi connectivity index (χ0) is 15.5. The molecule has 2 N–H and O–H groups in total. The summed E-state index contributed by atoms with van der Waals surface area (Å²) in [4.78, 5) is 22.2. The Morgan fingerprint density at radius 1 is 1.45 bits per heavy atom. The van der Waals surface area contributed by atoms with Gasteiger partial charge in [-0.25, -0.2) is 0 Å². The van der Waals surface area contributed by atoms with Crippen LogP contribution in [0.4, 0.5) is 5.69 Å². The van der Waals surface area contributed by atoms with Crippen molar-refractivity contribution < 1.29 is 14.8 Å². The van der Waals surface area contributed by atoms with Crippen LogP contribution in [-0.4, -0.2) is 28.1 Å². The molecule has 0 aliphatic rings. The standard InChI is InChI=1S/C12H14Cl2N2O4/c1-12(2,3-4-17)15-11(18)7-5-8(13)10(14)9(6-7)16(19)20/h5-6,17H,3-4H2,1-2H3,(H,15,18). The lowest BCUT2D eigenvalue weighted by atomic mass is 10.0. The second-order valence-electron chi connectivity index (χ2n) is 4.86. The second-order valence-corrected chi connectivity index (χ2v) is 5.65. The first kappa shape index (κ1) is 16.7. The molecule has 0 radical (unpaired) electrons. The smallest absolute Gasteiger partial charge is 0.290 e. The Morgan fingerprint density at radius 2 is 2.05 bits per heavy atom. The Hall–Kier alpha value is -1.37. The highest BCUT2D eigenvalue weighted by molar-refractivity contribution is 6.43. The van der Waals surface area contributed by atoms with Crippen LogP contribution in [0.25, 0.3) is 0 Å². The number of nitrogens with one attached hydrogen (secondary N) is 1. The van der Waals surface area contributed by atoms with E-state index in [1.807, 2.05) is 0 Å². The number of nitrogens with zero attached hydrogens (tertiary/aromatic N) is 1. The summed E-state index contributed by atoms with van der Waals surface area (Å²) in [5.41, 5.74) is -1.03. The van der Waals surface area contributed by atoms with Gasteiger partial charge in [-0.1, -0.05) is 23.2 Å². The largest absolute Gasteiger partial charge is 0.396 e. The minimum Gasteiger partial charge on any atom is -0.396 e. The number of rotatable bonds is 5. The van der Waals surface area contributed by atoms with E-state index in [1.165, 1.54) is 6.07 Å². The SMILES string of the molecule is CC(C)(CCO)NC(=O)c1cc(Cl)c(Cl)c([N+](=O)[O-])c1. The van der Waals surface area contributed by atoms with Crippen LogP contribution in [0.1, 0.15) is 30.6 Å². The summed E-state index contributed by atoms with van der Waals surface area (Å²) in [6.07, 6.45) is 0.349. The highest BCUT2D eigenvalue weighted by Crippen LogP contribution is 2.33. The summed E-state index contributed by atoms with van der Waals surface area (Å²) in [6.45, 7) is 3.37. The van der Waals surface area contributed by atoms with E-state index in [2.05, 4.69) is 5.32 Å². The molecular formula is C12H14Cl2N2O4. The van der Waals surface area contributed by atoms with Gasteiger partial charge in [0.1, 0.15) is 5.02 Å². The molecule has 0 saturated heterocycles. The highest BCUT2D eigenvalue weighted by Gasteiger charge is 2.24. The van der Waals surface area contributed by atoms with E-state index in [-0.39, 0.29) is 22.2 Å². The van der Waals surface area contributed by atoms with E-state index in [4.69, 9.17) is 28.3 Å². The number of aliphatic hydroxyl groups is 1. The van der Waals surface area contributed by atoms with Crippen LogP contribution < -0.4 is 5.32 Å². The molecule has 8 heteroatoms. The van der Waals surface area contributed by atoms with Crippen molar-refractivity contribution in [3.63, 3.8) is 0 Å². The molecule has 0 bridgehead atoms. The molecule has 0 atom stereocenters. The molecule has 1 amide bonds. The summed E-state index contributed by atoms with van der Waals surface area (Å²) in [5, 5.41) is 22.1. The number of amides is 1. The fourth-order valence-corrected chi connectivity index (χ4v) is 1.95. The van der Waals surface area contributed by atoms with E-state index >= 15 is 0 Å². The van der Waals surface area contributed by atoms with E-state index in [9.17, 15) is 14.9 Å². The fourth-order valence-electron chi connectivity index (χ4n) is 1.56. The topological polar surface area (TPSA) is 92.5 Å². The van der Waals surface area contributed by atoms with Crippen molar-refractivity contribution in [2.75, 3.05) is 6.61 Å². The van der Waals surface area contributed by atoms with Gasteiger partial charge in [-0.15, -0.1) is 0 Å². The minimum atomic E-state index is -0.705. The van der Waals surface area contributed by atoms with Gasteiger partial charge < -0.3 is 10.4 Å². The normalized spacial score (nSPS) is 11.2. The molecule has 0 fully saturated rings. The van der Waals surface area contributed by atoms with Gasteiger partial charge in [0.05, 0.1) is 9.95 Å². The Morgan fingerprint density at radius 3 is 2.55 bits per heavy atom. The average Bonchev–Trinajstić information content (AvgIpc) is 2.31. The molecule has 6 nitrogen and oxygen atoms in total. The first-order valence-corrected chi connectivity index (χ1v) is 6.50. The molecule has 110 valence electrons. The summed E-state index contributed by atoms with van der Waals surface area (Å²) in [6, 6.07) is 2.33. The number of nitro groups is 1. The minimum absolute atomic E-state index is 0.0390. The lowest BCUT2D eigenvalue weighted by Gasteiger charge is -2.25. The van der Waals surface area contributed by atoms with Gasteiger partial charge in [-0.3, -0.25) is 14.9 Å². The third kappa shape index (κ3) is 4.06. The summed E-state index contributed by atoms with van der Waals surface area (Å²) >= 11 is 11.5. The quantitative estimate of drug-likeness (QED) is 0.644. The molecular weight excluding hydrogens is 307 g/mol. The molecule has 1 aromatic rings. The maximum atomic E-state index is 12.1. The number of carbonyl (C=O) groups is 1. The van der Waals surface area contributed by atoms with Crippen molar-refractivity contribution in [3.8, 4) is 0 Å². The summed E-state index contributed by atoms with van der Waals surface area (Å²) in [5.74, 6) is -0.523. The van der Waals surface area contributed by atoms with Crippen molar-refractivity contribution in [1.29, 1.82) is 0 Å². The Balaban J connectivity index is 3.09. The second kappa shape index (κ2) is 6.39. The number of halogens is 2. The van der Waals surface area contributed by atoms with Gasteiger partial charge in [0.25, 0.3) is 11.6 Å². The molecule has 0 aliphatic carbocycles. The number of hydrogen-bond acceptors (Lipinski definition) is 4. The summed E-state index contributed by atoms with van der Waals surface area (Å²) < 4.78 is 0. The number of aliphatic hydroxyl groups excluding tert-OH is 1. The van der Waals surface area contributed by atoms with Gasteiger partial charge in [0.15, 0.2) is 0 Å². The predicted molar refractivity (Wildman–Crippen MR) is 76.4 cm³/mol. The van der Waals surface area contributed by atoms with Gasteiger partial charge >= 0.3 is 0 Å². The Bertz CT molecular complexity index is 547. The van der Waals surface area contributed by atoms with Gasteiger partial charge in [-0.2, -0.15) is 0 Å². The maximum absolute atomic E-state index is 12.1.